The molecular formula is C14H12BrNO2Po. The van der Waals surface area contributed by atoms with Gasteiger partial charge in [-0.15, -0.1) is 0 Å². The average molecular weight is 515 g/mol. The van der Waals surface area contributed by atoms with Crippen LogP contribution in [0.25, 0.3) is 11.1 Å². The van der Waals surface area contributed by atoms with Crippen molar-refractivity contribution in [2.24, 2.45) is 5.18 Å². The van der Waals surface area contributed by atoms with E-state index in [1.54, 1.807) is 13.2 Å². The number of hydrogen-bond acceptors (Lipinski definition) is 3. The molecule has 0 fully saturated rings. The Morgan fingerprint density at radius 2 is 1.89 bits per heavy atom. The normalized spacial score (nSPS) is 10.3. The minimum absolute atomic E-state index is 0.437. The third kappa shape index (κ3) is 2.88. The van der Waals surface area contributed by atoms with Gasteiger partial charge in [-0.3, -0.25) is 0 Å². The molecule has 0 saturated heterocycles. The molecule has 5 heteroatoms. The zero-order chi connectivity index (χ0) is 13.8. The maximum absolute atomic E-state index is 11.1. The van der Waals surface area contributed by atoms with E-state index in [0.717, 1.165) is 21.3 Å². The molecule has 3 nitrogen and oxygen atoms in total. The summed E-state index contributed by atoms with van der Waals surface area (Å²) in [6, 6.07) is 11.5. The molecule has 19 heavy (non-hydrogen) atoms. The summed E-state index contributed by atoms with van der Waals surface area (Å²) in [7, 11) is 1.65. The summed E-state index contributed by atoms with van der Waals surface area (Å²) >= 11 is 2.87. The third-order valence-corrected chi connectivity index (χ3v) is 6.46. The molecule has 0 aliphatic carbocycles. The Bertz CT molecular complexity index is 594. The van der Waals surface area contributed by atoms with Crippen LogP contribution in [0.5, 0.6) is 5.75 Å². The van der Waals surface area contributed by atoms with Crippen molar-refractivity contribution in [2.75, 3.05) is 7.11 Å². The van der Waals surface area contributed by atoms with Gasteiger partial charge < -0.3 is 0 Å². The van der Waals surface area contributed by atoms with Gasteiger partial charge in [-0.1, -0.05) is 0 Å². The number of hydrogen-bond donors (Lipinski definition) is 0. The molecular weight excluding hydrogens is 503 g/mol. The van der Waals surface area contributed by atoms with Crippen molar-refractivity contribution in [1.29, 1.82) is 0 Å². The second kappa shape index (κ2) is 6.59. The van der Waals surface area contributed by atoms with Crippen LogP contribution in [-0.4, -0.2) is 30.7 Å². The maximum atomic E-state index is 11.1. The van der Waals surface area contributed by atoms with Crippen LogP contribution in [-0.2, 0) is 0 Å². The molecule has 0 aliphatic rings. The average Bonchev–Trinajstić information content (AvgIpc) is 2.46. The molecule has 0 radical (unpaired) electrons. The summed E-state index contributed by atoms with van der Waals surface area (Å²) in [5, 5.41) is 3.14. The molecule has 0 bridgehead atoms. The molecule has 0 spiro atoms. The van der Waals surface area contributed by atoms with Crippen LogP contribution in [0.3, 0.4) is 0 Å². The third-order valence-electron chi connectivity index (χ3n) is 2.77. The number of nitrogens with zero attached hydrogens (tertiary/aromatic N) is 1. The Labute approximate surface area is 132 Å². The van der Waals surface area contributed by atoms with E-state index in [4.69, 9.17) is 4.74 Å². The van der Waals surface area contributed by atoms with E-state index in [1.165, 1.54) is 3.22 Å². The fourth-order valence-electron chi connectivity index (χ4n) is 1.93. The standard InChI is InChI=1S/C13H9BrNO2.CH3.Po/c1-17-12-8-3-2-5-9(12)13-10(14)6-4-7-11(13)15-16;;/h2-4,6-8H,1H3;1H3;. The Hall–Kier alpha value is -0.784. The van der Waals surface area contributed by atoms with Crippen LogP contribution in [0, 0.1) is 4.91 Å². The van der Waals surface area contributed by atoms with Gasteiger partial charge in [0.2, 0.25) is 0 Å². The molecule has 0 heterocycles. The molecule has 0 amide bonds. The molecule has 0 N–H and O–H groups in total. The van der Waals surface area contributed by atoms with Crippen molar-refractivity contribution >= 4 is 48.4 Å². The Morgan fingerprint density at radius 3 is 2.53 bits per heavy atom. The van der Waals surface area contributed by atoms with Crippen LogP contribution in [0.4, 0.5) is 5.69 Å². The zero-order valence-electron chi connectivity index (χ0n) is 10.5. The van der Waals surface area contributed by atoms with E-state index in [2.05, 4.69) is 31.8 Å². The van der Waals surface area contributed by atoms with Crippen molar-refractivity contribution in [1.82, 2.24) is 0 Å². The number of methoxy groups -OCH3 is 1. The first-order valence-corrected chi connectivity index (χ1v) is 11.1. The van der Waals surface area contributed by atoms with Gasteiger partial charge in [0.05, 0.1) is 0 Å². The fourth-order valence-corrected chi connectivity index (χ4v) is 4.90. The number of rotatable bonds is 4. The van der Waals surface area contributed by atoms with Gasteiger partial charge in [0.1, 0.15) is 0 Å². The van der Waals surface area contributed by atoms with Gasteiger partial charge in [-0.2, -0.15) is 0 Å². The predicted octanol–water partition coefficient (Wildman–Crippen LogP) is 3.90. The topological polar surface area (TPSA) is 38.7 Å². The van der Waals surface area contributed by atoms with E-state index in [9.17, 15) is 4.91 Å². The number of ether oxygens (including phenoxy) is 1. The Kier molecular flexibility index (Phi) is 5.07. The van der Waals surface area contributed by atoms with Crippen LogP contribution in [0.2, 0.25) is 4.58 Å². The van der Waals surface area contributed by atoms with Crippen molar-refractivity contribution < 1.29 is 4.74 Å². The van der Waals surface area contributed by atoms with Crippen LogP contribution in [0.1, 0.15) is 0 Å². The van der Waals surface area contributed by atoms with Gasteiger partial charge in [-0.25, -0.2) is 0 Å². The molecule has 0 aliphatic heterocycles. The van der Waals surface area contributed by atoms with Gasteiger partial charge in [-0.05, 0) is 0 Å². The van der Waals surface area contributed by atoms with Gasteiger partial charge in [0.15, 0.2) is 0 Å². The number of benzene rings is 2. The fraction of sp³-hybridized carbons (Fsp3) is 0.143. The number of halogens is 1. The Morgan fingerprint density at radius 1 is 1.16 bits per heavy atom. The first-order valence-electron chi connectivity index (χ1n) is 5.56. The van der Waals surface area contributed by atoms with Gasteiger partial charge in [0.25, 0.3) is 0 Å². The summed E-state index contributed by atoms with van der Waals surface area (Å²) < 4.78 is 9.85. The summed E-state index contributed by atoms with van der Waals surface area (Å²) in [6.45, 7) is 0. The van der Waals surface area contributed by atoms with E-state index in [0.29, 0.717) is 5.69 Å². The molecule has 98 valence electrons. The van der Waals surface area contributed by atoms with Gasteiger partial charge in [0, 0.05) is 0 Å². The van der Waals surface area contributed by atoms with E-state index in [1.807, 2.05) is 24.3 Å². The van der Waals surface area contributed by atoms with Crippen molar-refractivity contribution in [3.05, 3.63) is 45.8 Å². The molecule has 2 aromatic carbocycles. The number of nitroso groups, excluding NO2 is 1. The van der Waals surface area contributed by atoms with Crippen LogP contribution >= 0.6 is 15.9 Å². The van der Waals surface area contributed by atoms with Crippen molar-refractivity contribution in [2.45, 2.75) is 4.58 Å². The summed E-state index contributed by atoms with van der Waals surface area (Å²) in [5.74, 6) is 0.788. The molecule has 0 aromatic heterocycles. The second-order valence-electron chi connectivity index (χ2n) is 3.76. The predicted molar refractivity (Wildman–Crippen MR) is 82.8 cm³/mol. The first kappa shape index (κ1) is 14.6. The second-order valence-corrected chi connectivity index (χ2v) is 7.91. The zero-order valence-corrected chi connectivity index (χ0v) is 15.3. The molecule has 0 atom stereocenters. The molecule has 2 aromatic rings. The minimum atomic E-state index is -0.646. The molecule has 0 saturated carbocycles. The van der Waals surface area contributed by atoms with E-state index in [-0.39, 0.29) is 0 Å². The monoisotopic (exact) mass is 514 g/mol. The SMILES string of the molecule is COc1ccc[c]([Po][CH3])c1-c1c(Br)cccc1N=O. The molecule has 2 rings (SSSR count). The summed E-state index contributed by atoms with van der Waals surface area (Å²) in [4.78, 5) is 11.1. The summed E-state index contributed by atoms with van der Waals surface area (Å²) in [6.07, 6.45) is 0. The Balaban J connectivity index is 2.81. The van der Waals surface area contributed by atoms with Crippen molar-refractivity contribution in [3.63, 3.8) is 0 Å². The van der Waals surface area contributed by atoms with E-state index >= 15 is 0 Å². The van der Waals surface area contributed by atoms with Crippen molar-refractivity contribution in [3.8, 4) is 16.9 Å². The van der Waals surface area contributed by atoms with Gasteiger partial charge >= 0.3 is 133 Å². The van der Waals surface area contributed by atoms with E-state index < -0.39 is 23.6 Å². The van der Waals surface area contributed by atoms with Crippen LogP contribution in [0.15, 0.2) is 46.0 Å². The first-order chi connectivity index (χ1) is 9.22. The van der Waals surface area contributed by atoms with Crippen LogP contribution < -0.4 is 7.96 Å². The quantitative estimate of drug-likeness (QED) is 0.580. The summed E-state index contributed by atoms with van der Waals surface area (Å²) in [5.41, 5.74) is 2.26. The molecule has 0 unspecified atom stereocenters.